The van der Waals surface area contributed by atoms with E-state index in [4.69, 9.17) is 0 Å². The first kappa shape index (κ1) is 16.1. The molecule has 0 aliphatic carbocycles. The molecule has 0 radical (unpaired) electrons. The van der Waals surface area contributed by atoms with Crippen LogP contribution in [0.5, 0.6) is 0 Å². The van der Waals surface area contributed by atoms with E-state index >= 15 is 0 Å². The topological polar surface area (TPSA) is 23.6 Å². The van der Waals surface area contributed by atoms with Gasteiger partial charge >= 0.3 is 0 Å². The lowest BCUT2D eigenvalue weighted by molar-refractivity contribution is 0.0746. The molecule has 1 aliphatic heterocycles. The van der Waals surface area contributed by atoms with E-state index in [0.29, 0.717) is 0 Å². The van der Waals surface area contributed by atoms with Gasteiger partial charge in [-0.25, -0.2) is 0 Å². The summed E-state index contributed by atoms with van der Waals surface area (Å²) in [5, 5.41) is 0. The van der Waals surface area contributed by atoms with Crippen LogP contribution in [0.1, 0.15) is 21.5 Å². The van der Waals surface area contributed by atoms with E-state index in [1.165, 1.54) is 16.8 Å². The van der Waals surface area contributed by atoms with Crippen molar-refractivity contribution in [2.24, 2.45) is 0 Å². The van der Waals surface area contributed by atoms with Gasteiger partial charge in [0.05, 0.1) is 5.56 Å². The second-order valence-electron chi connectivity index (χ2n) is 5.98. The number of carbonyl (C=O) groups is 1. The molecule has 1 amide bonds. The zero-order valence-corrected chi connectivity index (χ0v) is 15.1. The van der Waals surface area contributed by atoms with Crippen LogP contribution in [0.3, 0.4) is 0 Å². The lowest BCUT2D eigenvalue weighted by atomic mass is 10.1. The van der Waals surface area contributed by atoms with Crippen LogP contribution < -0.4 is 4.90 Å². The van der Waals surface area contributed by atoms with E-state index in [1.807, 2.05) is 29.2 Å². The van der Waals surface area contributed by atoms with E-state index in [-0.39, 0.29) is 5.91 Å². The van der Waals surface area contributed by atoms with Crippen molar-refractivity contribution < 1.29 is 4.79 Å². The van der Waals surface area contributed by atoms with Crippen molar-refractivity contribution >= 4 is 27.5 Å². The van der Waals surface area contributed by atoms with Crippen molar-refractivity contribution in [3.63, 3.8) is 0 Å². The van der Waals surface area contributed by atoms with Gasteiger partial charge in [-0.15, -0.1) is 0 Å². The van der Waals surface area contributed by atoms with Crippen molar-refractivity contribution in [3.8, 4) is 0 Å². The number of hydrogen-bond donors (Lipinski definition) is 0. The Balaban J connectivity index is 1.70. The van der Waals surface area contributed by atoms with Crippen LogP contribution in [0.2, 0.25) is 0 Å². The van der Waals surface area contributed by atoms with Crippen LogP contribution in [0.25, 0.3) is 0 Å². The number of rotatable bonds is 2. The predicted octanol–water partition coefficient (Wildman–Crippen LogP) is 4.03. The Morgan fingerprint density at radius 2 is 1.65 bits per heavy atom. The number of amides is 1. The highest BCUT2D eigenvalue weighted by Gasteiger charge is 2.24. The standard InChI is InChI=1S/C19H21BrN2O/c1-14-6-5-9-18(15(14)2)21-10-12-22(13-11-21)19(23)16-7-3-4-8-17(16)20/h3-9H,10-13H2,1-2H3. The summed E-state index contributed by atoms with van der Waals surface area (Å²) < 4.78 is 0.863. The first-order valence-electron chi connectivity index (χ1n) is 7.93. The average molecular weight is 373 g/mol. The van der Waals surface area contributed by atoms with Crippen LogP contribution in [0, 0.1) is 13.8 Å². The Bertz CT molecular complexity index is 721. The molecule has 2 aromatic carbocycles. The summed E-state index contributed by atoms with van der Waals surface area (Å²) in [6.07, 6.45) is 0. The van der Waals surface area contributed by atoms with Gasteiger partial charge in [-0.2, -0.15) is 0 Å². The molecule has 23 heavy (non-hydrogen) atoms. The highest BCUT2D eigenvalue weighted by molar-refractivity contribution is 9.10. The van der Waals surface area contributed by atoms with Crippen LogP contribution >= 0.6 is 15.9 Å². The van der Waals surface area contributed by atoms with Gasteiger partial charge in [-0.05, 0) is 59.1 Å². The van der Waals surface area contributed by atoms with Gasteiger partial charge in [0.15, 0.2) is 0 Å². The highest BCUT2D eigenvalue weighted by Crippen LogP contribution is 2.25. The van der Waals surface area contributed by atoms with Crippen LogP contribution in [-0.2, 0) is 0 Å². The van der Waals surface area contributed by atoms with Crippen molar-refractivity contribution in [2.75, 3.05) is 31.1 Å². The van der Waals surface area contributed by atoms with E-state index in [2.05, 4.69) is 52.9 Å². The molecule has 2 aromatic rings. The van der Waals surface area contributed by atoms with E-state index < -0.39 is 0 Å². The van der Waals surface area contributed by atoms with Gasteiger partial charge < -0.3 is 9.80 Å². The molecule has 120 valence electrons. The van der Waals surface area contributed by atoms with E-state index in [9.17, 15) is 4.79 Å². The summed E-state index contributed by atoms with van der Waals surface area (Å²) >= 11 is 3.47. The SMILES string of the molecule is Cc1cccc(N2CCN(C(=O)c3ccccc3Br)CC2)c1C. The number of nitrogens with zero attached hydrogens (tertiary/aromatic N) is 2. The van der Waals surface area contributed by atoms with Gasteiger partial charge in [0.2, 0.25) is 0 Å². The Labute approximate surface area is 146 Å². The number of benzene rings is 2. The maximum Gasteiger partial charge on any atom is 0.255 e. The van der Waals surface area contributed by atoms with Gasteiger partial charge in [-0.1, -0.05) is 24.3 Å². The minimum absolute atomic E-state index is 0.109. The van der Waals surface area contributed by atoms with Gasteiger partial charge in [0, 0.05) is 36.3 Å². The van der Waals surface area contributed by atoms with Gasteiger partial charge in [-0.3, -0.25) is 4.79 Å². The fourth-order valence-electron chi connectivity index (χ4n) is 3.03. The summed E-state index contributed by atoms with van der Waals surface area (Å²) in [5.41, 5.74) is 4.68. The highest BCUT2D eigenvalue weighted by atomic mass is 79.9. The molecule has 3 rings (SSSR count). The minimum Gasteiger partial charge on any atom is -0.368 e. The first-order valence-corrected chi connectivity index (χ1v) is 8.72. The second kappa shape index (κ2) is 6.75. The molecule has 4 heteroatoms. The lowest BCUT2D eigenvalue weighted by Crippen LogP contribution is -2.49. The molecular weight excluding hydrogens is 352 g/mol. The van der Waals surface area contributed by atoms with Crippen LogP contribution in [0.4, 0.5) is 5.69 Å². The first-order chi connectivity index (χ1) is 11.1. The summed E-state index contributed by atoms with van der Waals surface area (Å²) in [6, 6.07) is 14.1. The fraction of sp³-hybridized carbons (Fsp3) is 0.316. The number of piperazine rings is 1. The fourth-order valence-corrected chi connectivity index (χ4v) is 3.49. The second-order valence-corrected chi connectivity index (χ2v) is 6.83. The Kier molecular flexibility index (Phi) is 4.71. The van der Waals surface area contributed by atoms with Crippen molar-refractivity contribution in [1.82, 2.24) is 4.90 Å². The summed E-state index contributed by atoms with van der Waals surface area (Å²) in [6.45, 7) is 7.58. The Morgan fingerprint density at radius 3 is 2.35 bits per heavy atom. The van der Waals surface area contributed by atoms with Crippen LogP contribution in [-0.4, -0.2) is 37.0 Å². The third-order valence-corrected chi connectivity index (χ3v) is 5.28. The minimum atomic E-state index is 0.109. The van der Waals surface area contributed by atoms with Gasteiger partial charge in [0.25, 0.3) is 5.91 Å². The molecule has 0 atom stereocenters. The number of anilines is 1. The largest absolute Gasteiger partial charge is 0.368 e. The molecule has 1 heterocycles. The quantitative estimate of drug-likeness (QED) is 0.794. The van der Waals surface area contributed by atoms with Crippen molar-refractivity contribution in [1.29, 1.82) is 0 Å². The third-order valence-electron chi connectivity index (χ3n) is 4.59. The molecule has 0 saturated carbocycles. The number of hydrogen-bond acceptors (Lipinski definition) is 2. The molecule has 0 spiro atoms. The van der Waals surface area contributed by atoms with Crippen molar-refractivity contribution in [2.45, 2.75) is 13.8 Å². The summed E-state index contributed by atoms with van der Waals surface area (Å²) in [7, 11) is 0. The monoisotopic (exact) mass is 372 g/mol. The van der Waals surface area contributed by atoms with Crippen molar-refractivity contribution in [3.05, 3.63) is 63.6 Å². The molecular formula is C19H21BrN2O. The Morgan fingerprint density at radius 1 is 0.957 bits per heavy atom. The predicted molar refractivity (Wildman–Crippen MR) is 98.2 cm³/mol. The third kappa shape index (κ3) is 3.27. The number of carbonyl (C=O) groups excluding carboxylic acids is 1. The molecule has 0 aromatic heterocycles. The van der Waals surface area contributed by atoms with E-state index in [1.54, 1.807) is 0 Å². The zero-order valence-electron chi connectivity index (χ0n) is 13.6. The summed E-state index contributed by atoms with van der Waals surface area (Å²) in [4.78, 5) is 17.0. The maximum absolute atomic E-state index is 12.7. The number of aryl methyl sites for hydroxylation is 1. The molecule has 0 N–H and O–H groups in total. The normalized spacial score (nSPS) is 14.9. The van der Waals surface area contributed by atoms with E-state index in [0.717, 1.165) is 36.2 Å². The average Bonchev–Trinajstić information content (AvgIpc) is 2.57. The van der Waals surface area contributed by atoms with Crippen LogP contribution in [0.15, 0.2) is 46.9 Å². The molecule has 0 bridgehead atoms. The lowest BCUT2D eigenvalue weighted by Gasteiger charge is -2.37. The van der Waals surface area contributed by atoms with Gasteiger partial charge in [0.1, 0.15) is 0 Å². The Hall–Kier alpha value is -1.81. The molecule has 0 unspecified atom stereocenters. The molecule has 1 saturated heterocycles. The molecule has 3 nitrogen and oxygen atoms in total. The maximum atomic E-state index is 12.7. The molecule has 1 aliphatic rings. The zero-order chi connectivity index (χ0) is 16.4. The smallest absolute Gasteiger partial charge is 0.255 e. The number of halogens is 1. The summed E-state index contributed by atoms with van der Waals surface area (Å²) in [5.74, 6) is 0.109. The molecule has 1 fully saturated rings.